The number of hydrogen-bond donors (Lipinski definition) is 1. The maximum Gasteiger partial charge on any atom is 0.254 e. The smallest absolute Gasteiger partial charge is 0.254 e. The van der Waals surface area contributed by atoms with E-state index in [0.717, 1.165) is 30.5 Å². The Morgan fingerprint density at radius 3 is 2.74 bits per heavy atom. The minimum absolute atomic E-state index is 0. The monoisotopic (exact) mass is 356 g/mol. The summed E-state index contributed by atoms with van der Waals surface area (Å²) in [5.41, 5.74) is 9.22. The van der Waals surface area contributed by atoms with Crippen molar-refractivity contribution in [1.82, 2.24) is 14.7 Å². The number of benzene rings is 1. The quantitative estimate of drug-likeness (QED) is 0.840. The van der Waals surface area contributed by atoms with Crippen molar-refractivity contribution < 1.29 is 4.79 Å². The van der Waals surface area contributed by atoms with Crippen LogP contribution >= 0.6 is 24.8 Å². The van der Waals surface area contributed by atoms with Crippen LogP contribution < -0.4 is 5.73 Å². The lowest BCUT2D eigenvalue weighted by molar-refractivity contribution is 0.0735. The first-order valence-corrected chi connectivity index (χ1v) is 7.22. The van der Waals surface area contributed by atoms with Crippen LogP contribution in [0, 0.1) is 6.92 Å². The number of amides is 1. The van der Waals surface area contributed by atoms with Gasteiger partial charge in [-0.15, -0.1) is 24.8 Å². The van der Waals surface area contributed by atoms with Crippen molar-refractivity contribution in [3.05, 3.63) is 47.3 Å². The molecule has 3 rings (SSSR count). The topological polar surface area (TPSA) is 64.2 Å². The Bertz CT molecular complexity index is 686. The average molecular weight is 357 g/mol. The highest BCUT2D eigenvalue weighted by Crippen LogP contribution is 2.33. The molecule has 1 atom stereocenters. The van der Waals surface area contributed by atoms with E-state index in [-0.39, 0.29) is 36.8 Å². The molecule has 2 heterocycles. The second kappa shape index (κ2) is 7.70. The van der Waals surface area contributed by atoms with Crippen LogP contribution in [0.1, 0.15) is 40.4 Å². The summed E-state index contributed by atoms with van der Waals surface area (Å²) in [6, 6.07) is 5.62. The van der Waals surface area contributed by atoms with E-state index in [9.17, 15) is 4.79 Å². The molecular formula is C16H22Cl2N4O. The van der Waals surface area contributed by atoms with Crippen LogP contribution in [0.25, 0.3) is 0 Å². The molecule has 23 heavy (non-hydrogen) atoms. The van der Waals surface area contributed by atoms with Gasteiger partial charge >= 0.3 is 0 Å². The van der Waals surface area contributed by atoms with Crippen LogP contribution in [-0.4, -0.2) is 27.1 Å². The number of nitrogen functional groups attached to an aromatic ring is 1. The molecule has 1 fully saturated rings. The standard InChI is InChI=1S/C16H20N4O.2ClH/c1-11-5-6-13(17)8-14(11)16(21)20-7-3-4-15(20)12-9-18-19(2)10-12;;/h5-6,8-10,15H,3-4,7,17H2,1-2H3;2*1H. The Kier molecular flexibility index (Phi) is 6.47. The summed E-state index contributed by atoms with van der Waals surface area (Å²) in [5.74, 6) is 0.0613. The molecule has 1 saturated heterocycles. The lowest BCUT2D eigenvalue weighted by Crippen LogP contribution is -2.31. The summed E-state index contributed by atoms with van der Waals surface area (Å²) in [6.45, 7) is 2.73. The number of likely N-dealkylation sites (tertiary alicyclic amines) is 1. The molecule has 0 saturated carbocycles. The lowest BCUT2D eigenvalue weighted by Gasteiger charge is -2.24. The number of halogens is 2. The van der Waals surface area contributed by atoms with Crippen molar-refractivity contribution in [3.63, 3.8) is 0 Å². The first-order valence-electron chi connectivity index (χ1n) is 7.22. The number of carbonyl (C=O) groups excluding carboxylic acids is 1. The van der Waals surface area contributed by atoms with Crippen LogP contribution in [-0.2, 0) is 7.05 Å². The van der Waals surface area contributed by atoms with Crippen molar-refractivity contribution >= 4 is 36.4 Å². The number of carbonyl (C=O) groups is 1. The predicted molar refractivity (Wildman–Crippen MR) is 96.3 cm³/mol. The Balaban J connectivity index is 0.00000132. The Morgan fingerprint density at radius 2 is 2.09 bits per heavy atom. The second-order valence-corrected chi connectivity index (χ2v) is 5.68. The molecule has 126 valence electrons. The molecular weight excluding hydrogens is 335 g/mol. The van der Waals surface area contributed by atoms with Gasteiger partial charge in [-0.2, -0.15) is 5.10 Å². The van der Waals surface area contributed by atoms with Gasteiger partial charge < -0.3 is 10.6 Å². The summed E-state index contributed by atoms with van der Waals surface area (Å²) < 4.78 is 1.78. The zero-order valence-corrected chi connectivity index (χ0v) is 14.9. The second-order valence-electron chi connectivity index (χ2n) is 5.68. The third-order valence-corrected chi connectivity index (χ3v) is 4.12. The van der Waals surface area contributed by atoms with Gasteiger partial charge in [-0.25, -0.2) is 0 Å². The van der Waals surface area contributed by atoms with E-state index in [0.29, 0.717) is 11.3 Å². The van der Waals surface area contributed by atoms with E-state index in [1.807, 2.05) is 43.4 Å². The molecule has 1 aliphatic heterocycles. The highest BCUT2D eigenvalue weighted by Gasteiger charge is 2.31. The lowest BCUT2D eigenvalue weighted by atomic mass is 10.0. The number of aromatic nitrogens is 2. The van der Waals surface area contributed by atoms with E-state index >= 15 is 0 Å². The van der Waals surface area contributed by atoms with Gasteiger partial charge in [-0.3, -0.25) is 9.48 Å². The Labute approximate surface area is 148 Å². The SMILES string of the molecule is Cc1ccc(N)cc1C(=O)N1CCCC1c1cnn(C)c1.Cl.Cl. The molecule has 5 nitrogen and oxygen atoms in total. The van der Waals surface area contributed by atoms with Gasteiger partial charge in [0.1, 0.15) is 0 Å². The fourth-order valence-corrected chi connectivity index (χ4v) is 2.99. The summed E-state index contributed by atoms with van der Waals surface area (Å²) >= 11 is 0. The molecule has 7 heteroatoms. The summed E-state index contributed by atoms with van der Waals surface area (Å²) in [6.07, 6.45) is 5.84. The molecule has 0 bridgehead atoms. The molecule has 1 aromatic carbocycles. The first-order chi connectivity index (χ1) is 10.1. The fraction of sp³-hybridized carbons (Fsp3) is 0.375. The largest absolute Gasteiger partial charge is 0.399 e. The zero-order chi connectivity index (χ0) is 15.0. The van der Waals surface area contributed by atoms with Crippen LogP contribution in [0.2, 0.25) is 0 Å². The van der Waals surface area contributed by atoms with Crippen molar-refractivity contribution in [1.29, 1.82) is 0 Å². The van der Waals surface area contributed by atoms with Crippen LogP contribution in [0.15, 0.2) is 30.6 Å². The molecule has 1 unspecified atom stereocenters. The molecule has 0 spiro atoms. The Hall–Kier alpha value is -1.72. The number of rotatable bonds is 2. The predicted octanol–water partition coefficient (Wildman–Crippen LogP) is 3.13. The van der Waals surface area contributed by atoms with Crippen LogP contribution in [0.4, 0.5) is 5.69 Å². The molecule has 0 radical (unpaired) electrons. The van der Waals surface area contributed by atoms with Gasteiger partial charge in [0.15, 0.2) is 0 Å². The van der Waals surface area contributed by atoms with E-state index in [2.05, 4.69) is 5.10 Å². The van der Waals surface area contributed by atoms with E-state index in [4.69, 9.17) is 5.73 Å². The van der Waals surface area contributed by atoms with Gasteiger partial charge in [0.25, 0.3) is 5.91 Å². The maximum atomic E-state index is 12.9. The van der Waals surface area contributed by atoms with Gasteiger partial charge in [0, 0.05) is 36.6 Å². The van der Waals surface area contributed by atoms with Crippen LogP contribution in [0.3, 0.4) is 0 Å². The summed E-state index contributed by atoms with van der Waals surface area (Å²) in [5, 5.41) is 4.22. The van der Waals surface area contributed by atoms with Crippen LogP contribution in [0.5, 0.6) is 0 Å². The average Bonchev–Trinajstić information content (AvgIpc) is 3.09. The highest BCUT2D eigenvalue weighted by atomic mass is 35.5. The van der Waals surface area contributed by atoms with Crippen molar-refractivity contribution in [2.24, 2.45) is 7.05 Å². The number of aryl methyl sites for hydroxylation is 2. The maximum absolute atomic E-state index is 12.9. The van der Waals surface area contributed by atoms with E-state index in [1.54, 1.807) is 10.7 Å². The Morgan fingerprint density at radius 1 is 1.35 bits per heavy atom. The third-order valence-electron chi connectivity index (χ3n) is 4.12. The molecule has 1 aliphatic rings. The zero-order valence-electron chi connectivity index (χ0n) is 13.2. The number of hydrogen-bond acceptors (Lipinski definition) is 3. The summed E-state index contributed by atoms with van der Waals surface area (Å²) in [4.78, 5) is 14.8. The molecule has 2 N–H and O–H groups in total. The normalized spacial score (nSPS) is 16.6. The van der Waals surface area contributed by atoms with Gasteiger partial charge in [0.05, 0.1) is 12.2 Å². The molecule has 0 aliphatic carbocycles. The summed E-state index contributed by atoms with van der Waals surface area (Å²) in [7, 11) is 1.90. The number of nitrogens with two attached hydrogens (primary N) is 1. The van der Waals surface area contributed by atoms with Crippen molar-refractivity contribution in [3.8, 4) is 0 Å². The van der Waals surface area contributed by atoms with E-state index < -0.39 is 0 Å². The van der Waals surface area contributed by atoms with Crippen molar-refractivity contribution in [2.75, 3.05) is 12.3 Å². The van der Waals surface area contributed by atoms with Gasteiger partial charge in [0.2, 0.25) is 0 Å². The van der Waals surface area contributed by atoms with Gasteiger partial charge in [-0.1, -0.05) is 6.07 Å². The number of nitrogens with zero attached hydrogens (tertiary/aromatic N) is 3. The first kappa shape index (κ1) is 19.3. The van der Waals surface area contributed by atoms with E-state index in [1.165, 1.54) is 0 Å². The van der Waals surface area contributed by atoms with Crippen molar-refractivity contribution in [2.45, 2.75) is 25.8 Å². The molecule has 1 amide bonds. The minimum atomic E-state index is 0. The molecule has 2 aromatic rings. The molecule has 1 aromatic heterocycles. The minimum Gasteiger partial charge on any atom is -0.399 e. The van der Waals surface area contributed by atoms with Gasteiger partial charge in [-0.05, 0) is 37.5 Å². The third kappa shape index (κ3) is 3.79. The number of anilines is 1. The highest BCUT2D eigenvalue weighted by molar-refractivity contribution is 5.97. The fourth-order valence-electron chi connectivity index (χ4n) is 2.99.